The largest absolute Gasteiger partial charge is 0.352 e. The van der Waals surface area contributed by atoms with E-state index in [4.69, 9.17) is 0 Å². The van der Waals surface area contributed by atoms with Gasteiger partial charge in [0, 0.05) is 36.8 Å². The van der Waals surface area contributed by atoms with Crippen molar-refractivity contribution in [2.75, 3.05) is 18.0 Å². The van der Waals surface area contributed by atoms with Crippen molar-refractivity contribution in [2.45, 2.75) is 51.0 Å². The van der Waals surface area contributed by atoms with Crippen LogP contribution in [-0.2, 0) is 11.2 Å². The number of aromatic nitrogens is 2. The zero-order valence-electron chi connectivity index (χ0n) is 18.1. The number of rotatable bonds is 6. The highest BCUT2D eigenvalue weighted by Crippen LogP contribution is 2.31. The van der Waals surface area contributed by atoms with E-state index in [-0.39, 0.29) is 23.5 Å². The van der Waals surface area contributed by atoms with Gasteiger partial charge >= 0.3 is 5.69 Å². The molecule has 0 atom stereocenters. The van der Waals surface area contributed by atoms with E-state index in [1.165, 1.54) is 5.56 Å². The third-order valence-corrected chi connectivity index (χ3v) is 6.71. The van der Waals surface area contributed by atoms with Gasteiger partial charge in [0.15, 0.2) is 0 Å². The summed E-state index contributed by atoms with van der Waals surface area (Å²) >= 11 is 0. The smallest absolute Gasteiger partial charge is 0.326 e. The molecule has 0 radical (unpaired) electrons. The number of H-pyrrole nitrogens is 1. The van der Waals surface area contributed by atoms with Crippen molar-refractivity contribution >= 4 is 28.5 Å². The number of anilines is 1. The van der Waals surface area contributed by atoms with Crippen molar-refractivity contribution in [2.24, 2.45) is 0 Å². The van der Waals surface area contributed by atoms with Crippen molar-refractivity contribution in [3.05, 3.63) is 64.1 Å². The summed E-state index contributed by atoms with van der Waals surface area (Å²) in [6, 6.07) is 13.6. The van der Waals surface area contributed by atoms with Gasteiger partial charge in [-0.3, -0.25) is 14.2 Å². The molecule has 2 aromatic carbocycles. The molecule has 1 saturated carbocycles. The molecule has 7 heteroatoms. The fourth-order valence-corrected chi connectivity index (χ4v) is 5.07. The van der Waals surface area contributed by atoms with Crippen LogP contribution in [0.1, 0.15) is 60.5 Å². The Bertz CT molecular complexity index is 1220. The van der Waals surface area contributed by atoms with Crippen molar-refractivity contribution in [1.29, 1.82) is 0 Å². The average Bonchev–Trinajstić information content (AvgIpc) is 3.53. The van der Waals surface area contributed by atoms with E-state index in [9.17, 15) is 14.4 Å². The molecule has 2 heterocycles. The number of hydrogen-bond donors (Lipinski definition) is 2. The van der Waals surface area contributed by atoms with Gasteiger partial charge in [-0.2, -0.15) is 0 Å². The molecule has 1 aromatic heterocycles. The summed E-state index contributed by atoms with van der Waals surface area (Å²) in [5.41, 5.74) is 4.17. The van der Waals surface area contributed by atoms with Crippen LogP contribution in [0.2, 0.25) is 0 Å². The first kappa shape index (κ1) is 20.5. The summed E-state index contributed by atoms with van der Waals surface area (Å²) in [5.74, 6) is -0.100. The fraction of sp³-hybridized carbons (Fsp3) is 0.400. The zero-order valence-corrected chi connectivity index (χ0v) is 18.1. The van der Waals surface area contributed by atoms with E-state index in [1.807, 2.05) is 33.7 Å². The molecule has 5 rings (SSSR count). The van der Waals surface area contributed by atoms with E-state index < -0.39 is 0 Å². The summed E-state index contributed by atoms with van der Waals surface area (Å²) < 4.78 is 1.84. The number of imidazole rings is 1. The lowest BCUT2D eigenvalue weighted by atomic mass is 10.1. The molecule has 0 saturated heterocycles. The number of benzene rings is 2. The van der Waals surface area contributed by atoms with Crippen LogP contribution in [0.25, 0.3) is 11.0 Å². The number of carbonyl (C=O) groups is 2. The van der Waals surface area contributed by atoms with Crippen LogP contribution in [0.15, 0.2) is 47.3 Å². The molecule has 1 aliphatic heterocycles. The Morgan fingerprint density at radius 2 is 1.91 bits per heavy atom. The second kappa shape index (κ2) is 8.65. The topological polar surface area (TPSA) is 87.2 Å². The molecule has 0 spiro atoms. The number of fused-ring (bicyclic) bond motifs is 2. The Kier molecular flexibility index (Phi) is 5.55. The molecule has 166 valence electrons. The SMILES string of the molecule is O=C(NCCCC(=O)N1CCc2ccccc21)c1ccc2c(c1)[nH]c(=O)n2C1CCCC1. The molecule has 2 amide bonds. The Hall–Kier alpha value is -3.35. The van der Waals surface area contributed by atoms with Gasteiger partial charge in [0.1, 0.15) is 0 Å². The van der Waals surface area contributed by atoms with Gasteiger partial charge in [-0.05, 0) is 55.5 Å². The Balaban J connectivity index is 1.17. The van der Waals surface area contributed by atoms with Crippen molar-refractivity contribution in [3.63, 3.8) is 0 Å². The minimum atomic E-state index is -0.194. The number of nitrogens with one attached hydrogen (secondary N) is 2. The third kappa shape index (κ3) is 3.83. The van der Waals surface area contributed by atoms with E-state index in [0.29, 0.717) is 30.5 Å². The molecule has 7 nitrogen and oxygen atoms in total. The van der Waals surface area contributed by atoms with Gasteiger partial charge in [-0.25, -0.2) is 4.79 Å². The van der Waals surface area contributed by atoms with Gasteiger partial charge < -0.3 is 15.2 Å². The highest BCUT2D eigenvalue weighted by atomic mass is 16.2. The van der Waals surface area contributed by atoms with E-state index in [1.54, 1.807) is 12.1 Å². The number of para-hydroxylation sites is 1. The Morgan fingerprint density at radius 1 is 1.09 bits per heavy atom. The predicted octanol–water partition coefficient (Wildman–Crippen LogP) is 3.54. The molecule has 3 aromatic rings. The van der Waals surface area contributed by atoms with Crippen molar-refractivity contribution in [3.8, 4) is 0 Å². The molecule has 2 N–H and O–H groups in total. The molecular weight excluding hydrogens is 404 g/mol. The number of hydrogen-bond acceptors (Lipinski definition) is 3. The predicted molar refractivity (Wildman–Crippen MR) is 124 cm³/mol. The van der Waals surface area contributed by atoms with Crippen LogP contribution in [0.4, 0.5) is 5.69 Å². The van der Waals surface area contributed by atoms with Crippen LogP contribution >= 0.6 is 0 Å². The van der Waals surface area contributed by atoms with Gasteiger partial charge in [0.2, 0.25) is 5.91 Å². The molecule has 1 aliphatic carbocycles. The summed E-state index contributed by atoms with van der Waals surface area (Å²) in [7, 11) is 0. The van der Waals surface area contributed by atoms with E-state index in [0.717, 1.165) is 49.9 Å². The summed E-state index contributed by atoms with van der Waals surface area (Å²) in [5, 5.41) is 2.90. The molecule has 0 bridgehead atoms. The van der Waals surface area contributed by atoms with E-state index in [2.05, 4.69) is 16.4 Å². The highest BCUT2D eigenvalue weighted by molar-refractivity contribution is 5.97. The normalized spacial score (nSPS) is 15.9. The van der Waals surface area contributed by atoms with Crippen LogP contribution in [0.5, 0.6) is 0 Å². The van der Waals surface area contributed by atoms with Gasteiger partial charge in [0.25, 0.3) is 5.91 Å². The van der Waals surface area contributed by atoms with Gasteiger partial charge in [0.05, 0.1) is 11.0 Å². The lowest BCUT2D eigenvalue weighted by molar-refractivity contribution is -0.118. The number of amides is 2. The first-order chi connectivity index (χ1) is 15.6. The van der Waals surface area contributed by atoms with Crippen LogP contribution < -0.4 is 15.9 Å². The Labute approximate surface area is 186 Å². The maximum atomic E-state index is 12.6. The maximum Gasteiger partial charge on any atom is 0.326 e. The number of nitrogens with zero attached hydrogens (tertiary/aromatic N) is 2. The quantitative estimate of drug-likeness (QED) is 0.584. The Morgan fingerprint density at radius 3 is 2.75 bits per heavy atom. The second-order valence-corrected chi connectivity index (χ2v) is 8.75. The van der Waals surface area contributed by atoms with Crippen molar-refractivity contribution in [1.82, 2.24) is 14.9 Å². The summed E-state index contributed by atoms with van der Waals surface area (Å²) in [4.78, 5) is 42.4. The third-order valence-electron chi connectivity index (χ3n) is 6.71. The molecular formula is C25H28N4O3. The monoisotopic (exact) mass is 432 g/mol. The van der Waals surface area contributed by atoms with Crippen LogP contribution in [0, 0.1) is 0 Å². The first-order valence-corrected chi connectivity index (χ1v) is 11.5. The van der Waals surface area contributed by atoms with E-state index >= 15 is 0 Å². The summed E-state index contributed by atoms with van der Waals surface area (Å²) in [6.07, 6.45) is 6.22. The number of aromatic amines is 1. The minimum absolute atomic E-state index is 0.0939. The standard InChI is InChI=1S/C25H28N4O3/c30-23(28-15-13-17-6-1-4-9-21(17)28)10-5-14-26-24(31)18-11-12-22-20(16-18)27-25(32)29(22)19-7-2-3-8-19/h1,4,6,9,11-12,16,19H,2-3,5,7-8,10,13-15H2,(H,26,31)(H,27,32). The van der Waals surface area contributed by atoms with Gasteiger partial charge in [-0.15, -0.1) is 0 Å². The number of carbonyl (C=O) groups excluding carboxylic acids is 2. The van der Waals surface area contributed by atoms with Gasteiger partial charge in [-0.1, -0.05) is 31.0 Å². The highest BCUT2D eigenvalue weighted by Gasteiger charge is 2.24. The van der Waals surface area contributed by atoms with Crippen LogP contribution in [0.3, 0.4) is 0 Å². The maximum absolute atomic E-state index is 12.6. The fourth-order valence-electron chi connectivity index (χ4n) is 5.07. The van der Waals surface area contributed by atoms with Crippen LogP contribution in [-0.4, -0.2) is 34.5 Å². The first-order valence-electron chi connectivity index (χ1n) is 11.5. The molecule has 32 heavy (non-hydrogen) atoms. The summed E-state index contributed by atoms with van der Waals surface area (Å²) in [6.45, 7) is 1.15. The second-order valence-electron chi connectivity index (χ2n) is 8.75. The molecule has 1 fully saturated rings. The average molecular weight is 433 g/mol. The molecule has 2 aliphatic rings. The molecule has 0 unspecified atom stereocenters. The zero-order chi connectivity index (χ0) is 22.1. The minimum Gasteiger partial charge on any atom is -0.352 e. The lowest BCUT2D eigenvalue weighted by Crippen LogP contribution is -2.30. The van der Waals surface area contributed by atoms with Crippen molar-refractivity contribution < 1.29 is 9.59 Å². The lowest BCUT2D eigenvalue weighted by Gasteiger charge is -2.17.